The van der Waals surface area contributed by atoms with Crippen LogP contribution in [0, 0.1) is 0 Å². The van der Waals surface area contributed by atoms with Crippen molar-refractivity contribution in [2.45, 2.75) is 38.4 Å². The van der Waals surface area contributed by atoms with E-state index in [1.807, 2.05) is 6.92 Å². The predicted molar refractivity (Wildman–Crippen MR) is 63.0 cm³/mol. The smallest absolute Gasteiger partial charge is 0.306 e. The second kappa shape index (κ2) is 6.05. The average Bonchev–Trinajstić information content (AvgIpc) is 2.29. The van der Waals surface area contributed by atoms with E-state index in [9.17, 15) is 13.2 Å². The minimum atomic E-state index is -4.22. The first-order chi connectivity index (χ1) is 7.96. The Labute approximate surface area is 100 Å². The van der Waals surface area contributed by atoms with Crippen molar-refractivity contribution in [2.24, 2.45) is 0 Å². The summed E-state index contributed by atoms with van der Waals surface area (Å²) in [6.07, 6.45) is -3.53. The van der Waals surface area contributed by atoms with Gasteiger partial charge in [-0.15, -0.1) is 0 Å². The molecule has 0 amide bonds. The number of nitrogens with one attached hydrogen (secondary N) is 1. The molecule has 0 heterocycles. The fourth-order valence-corrected chi connectivity index (χ4v) is 1.82. The first-order valence-corrected chi connectivity index (χ1v) is 5.81. The highest BCUT2D eigenvalue weighted by Gasteiger charge is 2.42. The highest BCUT2D eigenvalue weighted by molar-refractivity contribution is 5.21. The molecule has 0 saturated heterocycles. The Hall–Kier alpha value is -1.03. The lowest BCUT2D eigenvalue weighted by Crippen LogP contribution is -2.46. The van der Waals surface area contributed by atoms with Crippen molar-refractivity contribution < 1.29 is 13.2 Å². The van der Waals surface area contributed by atoms with E-state index in [0.29, 0.717) is 18.5 Å². The number of alkyl halides is 3. The van der Waals surface area contributed by atoms with E-state index >= 15 is 0 Å². The molecule has 17 heavy (non-hydrogen) atoms. The van der Waals surface area contributed by atoms with Gasteiger partial charge in [0.1, 0.15) is 6.04 Å². The third-order valence-electron chi connectivity index (χ3n) is 2.79. The Morgan fingerprint density at radius 1 is 1.18 bits per heavy atom. The molecule has 2 atom stereocenters. The van der Waals surface area contributed by atoms with Crippen LogP contribution in [0.1, 0.15) is 31.7 Å². The quantitative estimate of drug-likeness (QED) is 0.833. The normalized spacial score (nSPS) is 15.6. The zero-order valence-electron chi connectivity index (χ0n) is 10.1. The molecule has 1 N–H and O–H groups in total. The molecule has 1 nitrogen and oxygen atoms in total. The maximum atomic E-state index is 12.9. The minimum absolute atomic E-state index is 0.376. The van der Waals surface area contributed by atoms with Crippen molar-refractivity contribution in [3.63, 3.8) is 0 Å². The van der Waals surface area contributed by atoms with Crippen LogP contribution in [-0.4, -0.2) is 18.8 Å². The van der Waals surface area contributed by atoms with Crippen LogP contribution < -0.4 is 5.32 Å². The van der Waals surface area contributed by atoms with E-state index < -0.39 is 18.1 Å². The highest BCUT2D eigenvalue weighted by atomic mass is 19.4. The molecule has 2 unspecified atom stereocenters. The summed E-state index contributed by atoms with van der Waals surface area (Å²) >= 11 is 0. The van der Waals surface area contributed by atoms with Crippen molar-refractivity contribution in [3.05, 3.63) is 35.9 Å². The molecule has 0 saturated carbocycles. The third-order valence-corrected chi connectivity index (χ3v) is 2.79. The van der Waals surface area contributed by atoms with Crippen LogP contribution in [0.4, 0.5) is 13.2 Å². The van der Waals surface area contributed by atoms with Crippen LogP contribution in [0.25, 0.3) is 0 Å². The van der Waals surface area contributed by atoms with Crippen molar-refractivity contribution in [2.75, 3.05) is 6.54 Å². The van der Waals surface area contributed by atoms with Gasteiger partial charge in [0, 0.05) is 5.92 Å². The Morgan fingerprint density at radius 2 is 1.76 bits per heavy atom. The number of halogens is 3. The van der Waals surface area contributed by atoms with E-state index in [1.165, 1.54) is 0 Å². The lowest BCUT2D eigenvalue weighted by Gasteiger charge is -2.27. The first-order valence-electron chi connectivity index (χ1n) is 5.81. The first kappa shape index (κ1) is 14.0. The average molecular weight is 245 g/mol. The monoisotopic (exact) mass is 245 g/mol. The van der Waals surface area contributed by atoms with Gasteiger partial charge in [-0.25, -0.2) is 0 Å². The van der Waals surface area contributed by atoms with Gasteiger partial charge < -0.3 is 5.32 Å². The molecule has 96 valence electrons. The van der Waals surface area contributed by atoms with Gasteiger partial charge in [0.15, 0.2) is 0 Å². The zero-order chi connectivity index (χ0) is 12.9. The van der Waals surface area contributed by atoms with E-state index in [0.717, 1.165) is 0 Å². The summed E-state index contributed by atoms with van der Waals surface area (Å²) in [6, 6.07) is 7.31. The molecule has 0 aliphatic rings. The summed E-state index contributed by atoms with van der Waals surface area (Å²) in [7, 11) is 0. The van der Waals surface area contributed by atoms with Crippen molar-refractivity contribution >= 4 is 0 Å². The Balaban J connectivity index is 2.83. The predicted octanol–water partition coefficient (Wildman–Crippen LogP) is 3.72. The van der Waals surface area contributed by atoms with Gasteiger partial charge in [-0.2, -0.15) is 13.2 Å². The van der Waals surface area contributed by atoms with Crippen LogP contribution in [0.15, 0.2) is 30.3 Å². The molecule has 1 aromatic carbocycles. The summed E-state index contributed by atoms with van der Waals surface area (Å²) in [5.74, 6) is -0.581. The largest absolute Gasteiger partial charge is 0.404 e. The summed E-state index contributed by atoms with van der Waals surface area (Å²) in [4.78, 5) is 0. The molecular weight excluding hydrogens is 227 g/mol. The summed E-state index contributed by atoms with van der Waals surface area (Å²) < 4.78 is 38.8. The molecular formula is C13H18F3N. The Morgan fingerprint density at radius 3 is 2.24 bits per heavy atom. The number of hydrogen-bond acceptors (Lipinski definition) is 1. The van der Waals surface area contributed by atoms with Crippen molar-refractivity contribution in [3.8, 4) is 0 Å². The fraction of sp³-hybridized carbons (Fsp3) is 0.538. The minimum Gasteiger partial charge on any atom is -0.306 e. The van der Waals surface area contributed by atoms with E-state index in [4.69, 9.17) is 0 Å². The molecule has 0 spiro atoms. The molecule has 0 bridgehead atoms. The van der Waals surface area contributed by atoms with Crippen LogP contribution >= 0.6 is 0 Å². The Bertz CT molecular complexity index is 321. The van der Waals surface area contributed by atoms with Crippen LogP contribution in [0.5, 0.6) is 0 Å². The maximum Gasteiger partial charge on any atom is 0.404 e. The molecule has 1 rings (SSSR count). The Kier molecular flexibility index (Phi) is 5.00. The van der Waals surface area contributed by atoms with Gasteiger partial charge in [-0.3, -0.25) is 0 Å². The molecule has 4 heteroatoms. The number of rotatable bonds is 5. The van der Waals surface area contributed by atoms with Gasteiger partial charge in [0.25, 0.3) is 0 Å². The zero-order valence-corrected chi connectivity index (χ0v) is 10.1. The van der Waals surface area contributed by atoms with Gasteiger partial charge in [0.05, 0.1) is 0 Å². The molecule has 0 aliphatic carbocycles. The van der Waals surface area contributed by atoms with Crippen LogP contribution in [-0.2, 0) is 0 Å². The second-order valence-corrected chi connectivity index (χ2v) is 4.17. The van der Waals surface area contributed by atoms with Crippen LogP contribution in [0.2, 0.25) is 0 Å². The van der Waals surface area contributed by atoms with Gasteiger partial charge >= 0.3 is 6.18 Å². The van der Waals surface area contributed by atoms with Crippen LogP contribution in [0.3, 0.4) is 0 Å². The number of hydrogen-bond donors (Lipinski definition) is 1. The molecule has 1 aromatic rings. The SMILES string of the molecule is CCCNC(C(C)c1ccccc1)C(F)(F)F. The third kappa shape index (κ3) is 4.04. The van der Waals surface area contributed by atoms with Crippen molar-refractivity contribution in [1.82, 2.24) is 5.32 Å². The maximum absolute atomic E-state index is 12.9. The molecule has 0 aliphatic heterocycles. The summed E-state index contributed by atoms with van der Waals surface area (Å²) in [6.45, 7) is 3.84. The fourth-order valence-electron chi connectivity index (χ4n) is 1.82. The molecule has 0 aromatic heterocycles. The summed E-state index contributed by atoms with van der Waals surface area (Å²) in [5, 5.41) is 2.58. The number of benzene rings is 1. The standard InChI is InChI=1S/C13H18F3N/c1-3-9-17-12(13(14,15)16)10(2)11-7-5-4-6-8-11/h4-8,10,12,17H,3,9H2,1-2H3. The van der Waals surface area contributed by atoms with E-state index in [1.54, 1.807) is 37.3 Å². The topological polar surface area (TPSA) is 12.0 Å². The summed E-state index contributed by atoms with van der Waals surface area (Å²) in [5.41, 5.74) is 0.707. The lowest BCUT2D eigenvalue weighted by atomic mass is 9.93. The highest BCUT2D eigenvalue weighted by Crippen LogP contribution is 2.31. The van der Waals surface area contributed by atoms with Gasteiger partial charge in [-0.05, 0) is 18.5 Å². The van der Waals surface area contributed by atoms with Gasteiger partial charge in [-0.1, -0.05) is 44.2 Å². The molecule has 0 radical (unpaired) electrons. The lowest BCUT2D eigenvalue weighted by molar-refractivity contribution is -0.160. The molecule has 0 fully saturated rings. The second-order valence-electron chi connectivity index (χ2n) is 4.17. The van der Waals surface area contributed by atoms with E-state index in [-0.39, 0.29) is 0 Å². The van der Waals surface area contributed by atoms with Crippen molar-refractivity contribution in [1.29, 1.82) is 0 Å². The van der Waals surface area contributed by atoms with E-state index in [2.05, 4.69) is 5.32 Å². The van der Waals surface area contributed by atoms with Gasteiger partial charge in [0.2, 0.25) is 0 Å².